The van der Waals surface area contributed by atoms with Crippen molar-refractivity contribution in [3.05, 3.63) is 54.1 Å². The molecular formula is C20H24FN5O3. The van der Waals surface area contributed by atoms with Crippen LogP contribution < -0.4 is 10.6 Å². The summed E-state index contributed by atoms with van der Waals surface area (Å²) in [5, 5.41) is 5.15. The second-order valence-corrected chi connectivity index (χ2v) is 6.65. The fourth-order valence-electron chi connectivity index (χ4n) is 3.15. The van der Waals surface area contributed by atoms with E-state index in [-0.39, 0.29) is 11.8 Å². The molecule has 0 aliphatic carbocycles. The number of anilines is 2. The van der Waals surface area contributed by atoms with E-state index in [1.165, 1.54) is 19.4 Å². The van der Waals surface area contributed by atoms with Crippen LogP contribution in [0.4, 0.5) is 25.4 Å². The summed E-state index contributed by atoms with van der Waals surface area (Å²) in [4.78, 5) is 31.4. The Labute approximate surface area is 168 Å². The molecule has 2 aromatic rings. The number of nitrogens with zero attached hydrogens (tertiary/aromatic N) is 3. The largest absolute Gasteiger partial charge is 0.453 e. The van der Waals surface area contributed by atoms with E-state index in [4.69, 9.17) is 4.74 Å². The number of ether oxygens (including phenoxy) is 1. The van der Waals surface area contributed by atoms with Gasteiger partial charge in [0.15, 0.2) is 0 Å². The number of methoxy groups -OCH3 is 1. The fraction of sp³-hybridized carbons (Fsp3) is 0.350. The van der Waals surface area contributed by atoms with Crippen LogP contribution in [0.3, 0.4) is 0 Å². The molecule has 0 atom stereocenters. The first kappa shape index (κ1) is 20.5. The van der Waals surface area contributed by atoms with Crippen LogP contribution in [0.15, 0.2) is 42.7 Å². The smallest absolute Gasteiger partial charge is 0.409 e. The molecule has 0 spiro atoms. The van der Waals surface area contributed by atoms with E-state index in [9.17, 15) is 14.0 Å². The number of pyridine rings is 1. The quantitative estimate of drug-likeness (QED) is 0.805. The predicted octanol–water partition coefficient (Wildman–Crippen LogP) is 2.79. The van der Waals surface area contributed by atoms with E-state index >= 15 is 0 Å². The first-order valence-corrected chi connectivity index (χ1v) is 9.37. The Hall–Kier alpha value is -3.20. The maximum Gasteiger partial charge on any atom is 0.409 e. The van der Waals surface area contributed by atoms with Gasteiger partial charge < -0.3 is 20.3 Å². The standard InChI is InChI=1S/C20H24FN5O3/c1-29-20(28)26-12-10-25(11-13-26)9-7-15-4-2-6-17(18(15)21)24-19(27)23-16-5-3-8-22-14-16/h2-6,8,14H,7,9-13H2,1H3,(H2,23,24,27). The summed E-state index contributed by atoms with van der Waals surface area (Å²) in [7, 11) is 1.37. The molecule has 0 radical (unpaired) electrons. The molecule has 29 heavy (non-hydrogen) atoms. The number of piperazine rings is 1. The van der Waals surface area contributed by atoms with E-state index in [2.05, 4.69) is 20.5 Å². The molecular weight excluding hydrogens is 377 g/mol. The van der Waals surface area contributed by atoms with Crippen LogP contribution in [0.1, 0.15) is 5.56 Å². The number of carbonyl (C=O) groups excluding carboxylic acids is 2. The molecule has 1 aliphatic rings. The molecule has 3 rings (SSSR count). The molecule has 1 saturated heterocycles. The molecule has 1 aliphatic heterocycles. The van der Waals surface area contributed by atoms with Crippen molar-refractivity contribution in [1.29, 1.82) is 0 Å². The lowest BCUT2D eigenvalue weighted by Gasteiger charge is -2.33. The zero-order valence-electron chi connectivity index (χ0n) is 16.2. The van der Waals surface area contributed by atoms with Gasteiger partial charge in [-0.15, -0.1) is 0 Å². The average molecular weight is 401 g/mol. The van der Waals surface area contributed by atoms with Crippen molar-refractivity contribution in [3.63, 3.8) is 0 Å². The predicted molar refractivity (Wildman–Crippen MR) is 107 cm³/mol. The van der Waals surface area contributed by atoms with E-state index in [1.54, 1.807) is 35.4 Å². The molecule has 1 fully saturated rings. The molecule has 154 valence electrons. The number of amides is 3. The van der Waals surface area contributed by atoms with Crippen LogP contribution in [0.2, 0.25) is 0 Å². The minimum atomic E-state index is -0.534. The zero-order chi connectivity index (χ0) is 20.6. The van der Waals surface area contributed by atoms with Crippen molar-refractivity contribution < 1.29 is 18.7 Å². The highest BCUT2D eigenvalue weighted by Gasteiger charge is 2.21. The van der Waals surface area contributed by atoms with E-state index < -0.39 is 11.8 Å². The number of aromatic nitrogens is 1. The number of nitrogens with one attached hydrogen (secondary N) is 2. The van der Waals surface area contributed by atoms with Crippen LogP contribution in [0.25, 0.3) is 0 Å². The van der Waals surface area contributed by atoms with Gasteiger partial charge >= 0.3 is 12.1 Å². The number of halogens is 1. The van der Waals surface area contributed by atoms with Gasteiger partial charge in [-0.1, -0.05) is 12.1 Å². The molecule has 8 nitrogen and oxygen atoms in total. The maximum atomic E-state index is 14.8. The number of rotatable bonds is 5. The lowest BCUT2D eigenvalue weighted by atomic mass is 10.1. The normalized spacial score (nSPS) is 14.3. The second kappa shape index (κ2) is 9.83. The van der Waals surface area contributed by atoms with Crippen LogP contribution in [0.5, 0.6) is 0 Å². The molecule has 1 aromatic carbocycles. The van der Waals surface area contributed by atoms with Gasteiger partial charge in [0.1, 0.15) is 5.82 Å². The summed E-state index contributed by atoms with van der Waals surface area (Å²) in [6, 6.07) is 7.81. The highest BCUT2D eigenvalue weighted by atomic mass is 19.1. The van der Waals surface area contributed by atoms with Crippen LogP contribution in [-0.2, 0) is 11.2 Å². The Balaban J connectivity index is 1.52. The number of hydrogen-bond donors (Lipinski definition) is 2. The van der Waals surface area contributed by atoms with Gasteiger partial charge in [-0.3, -0.25) is 9.88 Å². The Morgan fingerprint density at radius 3 is 2.62 bits per heavy atom. The Kier molecular flexibility index (Phi) is 6.96. The van der Waals surface area contributed by atoms with Crippen molar-refractivity contribution >= 4 is 23.5 Å². The third-order valence-electron chi connectivity index (χ3n) is 4.75. The van der Waals surface area contributed by atoms with Gasteiger partial charge in [-0.25, -0.2) is 14.0 Å². The van der Waals surface area contributed by atoms with Crippen molar-refractivity contribution in [1.82, 2.24) is 14.8 Å². The topological polar surface area (TPSA) is 86.8 Å². The minimum Gasteiger partial charge on any atom is -0.453 e. The zero-order valence-corrected chi connectivity index (χ0v) is 16.2. The van der Waals surface area contributed by atoms with Gasteiger partial charge in [0.2, 0.25) is 0 Å². The van der Waals surface area contributed by atoms with Gasteiger partial charge in [-0.2, -0.15) is 0 Å². The van der Waals surface area contributed by atoms with Gasteiger partial charge in [0.05, 0.1) is 24.7 Å². The molecule has 0 bridgehead atoms. The highest BCUT2D eigenvalue weighted by Crippen LogP contribution is 2.19. The Morgan fingerprint density at radius 1 is 1.14 bits per heavy atom. The van der Waals surface area contributed by atoms with E-state index in [0.717, 1.165) is 0 Å². The van der Waals surface area contributed by atoms with Gasteiger partial charge in [-0.05, 0) is 30.2 Å². The second-order valence-electron chi connectivity index (χ2n) is 6.65. The van der Waals surface area contributed by atoms with E-state index in [0.29, 0.717) is 50.4 Å². The van der Waals surface area contributed by atoms with Crippen LogP contribution in [0, 0.1) is 5.82 Å². The molecule has 2 N–H and O–H groups in total. The monoisotopic (exact) mass is 401 g/mol. The number of carbonyl (C=O) groups is 2. The van der Waals surface area contributed by atoms with Crippen molar-refractivity contribution in [3.8, 4) is 0 Å². The molecule has 0 saturated carbocycles. The highest BCUT2D eigenvalue weighted by molar-refractivity contribution is 5.99. The third-order valence-corrected chi connectivity index (χ3v) is 4.75. The number of hydrogen-bond acceptors (Lipinski definition) is 5. The lowest BCUT2D eigenvalue weighted by Crippen LogP contribution is -2.49. The SMILES string of the molecule is COC(=O)N1CCN(CCc2cccc(NC(=O)Nc3cccnc3)c2F)CC1. The Bertz CT molecular complexity index is 841. The summed E-state index contributed by atoms with van der Waals surface area (Å²) >= 11 is 0. The molecule has 1 aromatic heterocycles. The van der Waals surface area contributed by atoms with Gasteiger partial charge in [0, 0.05) is 38.9 Å². The van der Waals surface area contributed by atoms with E-state index in [1.807, 2.05) is 0 Å². The molecule has 2 heterocycles. The summed E-state index contributed by atoms with van der Waals surface area (Å²) in [6.45, 7) is 3.26. The number of urea groups is 1. The number of benzene rings is 1. The first-order chi connectivity index (χ1) is 14.1. The summed E-state index contributed by atoms with van der Waals surface area (Å²) < 4.78 is 19.5. The lowest BCUT2D eigenvalue weighted by molar-refractivity contribution is 0.0914. The van der Waals surface area contributed by atoms with Crippen molar-refractivity contribution in [2.24, 2.45) is 0 Å². The fourth-order valence-corrected chi connectivity index (χ4v) is 3.15. The van der Waals surface area contributed by atoms with Gasteiger partial charge in [0.25, 0.3) is 0 Å². The van der Waals surface area contributed by atoms with Crippen molar-refractivity contribution in [2.45, 2.75) is 6.42 Å². The average Bonchev–Trinajstić information content (AvgIpc) is 2.75. The van der Waals surface area contributed by atoms with Crippen molar-refractivity contribution in [2.75, 3.05) is 50.5 Å². The molecule has 0 unspecified atom stereocenters. The minimum absolute atomic E-state index is 0.124. The maximum absolute atomic E-state index is 14.8. The third kappa shape index (κ3) is 5.64. The first-order valence-electron chi connectivity index (χ1n) is 9.37. The Morgan fingerprint density at radius 2 is 1.93 bits per heavy atom. The van der Waals surface area contributed by atoms with Crippen LogP contribution in [-0.4, -0.2) is 66.7 Å². The molecule has 3 amide bonds. The summed E-state index contributed by atoms with van der Waals surface area (Å²) in [5.41, 5.74) is 1.17. The molecule has 9 heteroatoms. The van der Waals surface area contributed by atoms with Crippen LogP contribution >= 0.6 is 0 Å². The summed E-state index contributed by atoms with van der Waals surface area (Å²) in [5.74, 6) is -0.443. The summed E-state index contributed by atoms with van der Waals surface area (Å²) in [6.07, 6.45) is 3.29.